The van der Waals surface area contributed by atoms with E-state index < -0.39 is 0 Å². The molecule has 1 N–H and O–H groups in total. The van der Waals surface area contributed by atoms with Crippen molar-refractivity contribution in [1.29, 1.82) is 0 Å². The van der Waals surface area contributed by atoms with E-state index in [2.05, 4.69) is 17.1 Å². The van der Waals surface area contributed by atoms with E-state index in [4.69, 9.17) is 16.3 Å². The van der Waals surface area contributed by atoms with Crippen LogP contribution in [0.15, 0.2) is 11.1 Å². The van der Waals surface area contributed by atoms with Crippen molar-refractivity contribution in [2.24, 2.45) is 0 Å². The Balaban J connectivity index is 2.32. The Hall–Kier alpha value is -0.0900. The van der Waals surface area contributed by atoms with Gasteiger partial charge in [-0.2, -0.15) is 0 Å². The Kier molecular flexibility index (Phi) is 5.48. The number of hydrogen-bond donors (Lipinski definition) is 1. The van der Waals surface area contributed by atoms with Crippen molar-refractivity contribution < 1.29 is 4.74 Å². The number of halogens is 1. The maximum atomic E-state index is 5.64. The van der Waals surface area contributed by atoms with Crippen molar-refractivity contribution in [3.63, 3.8) is 0 Å². The highest BCUT2D eigenvalue weighted by Gasteiger charge is 2.19. The van der Waals surface area contributed by atoms with E-state index in [0.29, 0.717) is 6.10 Å². The summed E-state index contributed by atoms with van der Waals surface area (Å²) in [5, 5.41) is 3.13. The van der Waals surface area contributed by atoms with Crippen LogP contribution in [0.2, 0.25) is 0 Å². The van der Waals surface area contributed by atoms with Gasteiger partial charge in [-0.15, -0.1) is 0 Å². The van der Waals surface area contributed by atoms with E-state index in [0.717, 1.165) is 32.8 Å². The molecule has 0 amide bonds. The summed E-state index contributed by atoms with van der Waals surface area (Å²) < 4.78 is 5.61. The number of rotatable bonds is 4. The van der Waals surface area contributed by atoms with Crippen LogP contribution in [0.4, 0.5) is 0 Å². The molecule has 82 valence electrons. The van der Waals surface area contributed by atoms with E-state index in [-0.39, 0.29) is 0 Å². The van der Waals surface area contributed by atoms with Gasteiger partial charge in [0, 0.05) is 31.7 Å². The molecule has 1 heterocycles. The Bertz CT molecular complexity index is 195. The van der Waals surface area contributed by atoms with E-state index in [9.17, 15) is 0 Å². The summed E-state index contributed by atoms with van der Waals surface area (Å²) in [6.07, 6.45) is 0.317. The second-order valence-electron chi connectivity index (χ2n) is 3.74. The molecule has 0 saturated carbocycles. The second kappa shape index (κ2) is 6.40. The standard InChI is InChI=1S/C10H19ClN2O/c1-9(5-11)7-13-3-4-14-10(8-13)6-12-2/h5,10,12H,3-4,6-8H2,1-2H3. The molecule has 0 aliphatic carbocycles. The maximum absolute atomic E-state index is 5.64. The lowest BCUT2D eigenvalue weighted by Gasteiger charge is -2.32. The third kappa shape index (κ3) is 3.96. The van der Waals surface area contributed by atoms with Crippen LogP contribution in [0.25, 0.3) is 0 Å². The molecule has 0 aromatic heterocycles. The molecule has 3 nitrogen and oxygen atoms in total. The van der Waals surface area contributed by atoms with Gasteiger partial charge in [0.15, 0.2) is 0 Å². The van der Waals surface area contributed by atoms with E-state index in [1.54, 1.807) is 5.54 Å². The Morgan fingerprint density at radius 1 is 1.71 bits per heavy atom. The second-order valence-corrected chi connectivity index (χ2v) is 3.96. The largest absolute Gasteiger partial charge is 0.374 e. The highest BCUT2D eigenvalue weighted by Crippen LogP contribution is 2.07. The van der Waals surface area contributed by atoms with Crippen molar-refractivity contribution in [1.82, 2.24) is 10.2 Å². The highest BCUT2D eigenvalue weighted by atomic mass is 35.5. The molecule has 14 heavy (non-hydrogen) atoms. The fourth-order valence-corrected chi connectivity index (χ4v) is 1.73. The van der Waals surface area contributed by atoms with Crippen molar-refractivity contribution in [3.05, 3.63) is 11.1 Å². The minimum atomic E-state index is 0.317. The van der Waals surface area contributed by atoms with E-state index >= 15 is 0 Å². The molecule has 1 unspecified atom stereocenters. The Morgan fingerprint density at radius 2 is 2.50 bits per heavy atom. The lowest BCUT2D eigenvalue weighted by atomic mass is 10.2. The Labute approximate surface area is 91.1 Å². The first-order chi connectivity index (χ1) is 6.76. The number of nitrogens with zero attached hydrogens (tertiary/aromatic N) is 1. The maximum Gasteiger partial charge on any atom is 0.0826 e. The van der Waals surface area contributed by atoms with Crippen LogP contribution in [-0.4, -0.2) is 50.8 Å². The molecule has 0 aromatic rings. The molecule has 1 aliphatic heterocycles. The molecular formula is C10H19ClN2O. The number of likely N-dealkylation sites (N-methyl/N-ethyl adjacent to an activating group) is 1. The van der Waals surface area contributed by atoms with Gasteiger partial charge in [-0.1, -0.05) is 11.6 Å². The van der Waals surface area contributed by atoms with Gasteiger partial charge in [-0.05, 0) is 19.5 Å². The van der Waals surface area contributed by atoms with Crippen LogP contribution in [0.3, 0.4) is 0 Å². The lowest BCUT2D eigenvalue weighted by Crippen LogP contribution is -2.46. The molecule has 1 rings (SSSR count). The summed E-state index contributed by atoms with van der Waals surface area (Å²) in [6, 6.07) is 0. The Morgan fingerprint density at radius 3 is 3.14 bits per heavy atom. The van der Waals surface area contributed by atoms with Crippen LogP contribution in [0, 0.1) is 0 Å². The summed E-state index contributed by atoms with van der Waals surface area (Å²) in [5.41, 5.74) is 2.86. The number of ether oxygens (including phenoxy) is 1. The lowest BCUT2D eigenvalue weighted by molar-refractivity contribution is -0.0230. The fourth-order valence-electron chi connectivity index (χ4n) is 1.66. The average molecular weight is 219 g/mol. The summed E-state index contributed by atoms with van der Waals surface area (Å²) in [6.45, 7) is 6.73. The predicted octanol–water partition coefficient (Wildman–Crippen LogP) is 1.05. The molecule has 1 atom stereocenters. The number of nitrogens with one attached hydrogen (secondary N) is 1. The van der Waals surface area contributed by atoms with Gasteiger partial charge in [0.1, 0.15) is 0 Å². The zero-order valence-corrected chi connectivity index (χ0v) is 9.68. The minimum absolute atomic E-state index is 0.317. The molecule has 1 saturated heterocycles. The van der Waals surface area contributed by atoms with Crippen LogP contribution in [0.5, 0.6) is 0 Å². The van der Waals surface area contributed by atoms with Crippen LogP contribution >= 0.6 is 11.6 Å². The summed E-state index contributed by atoms with van der Waals surface area (Å²) in [7, 11) is 1.95. The van der Waals surface area contributed by atoms with Crippen LogP contribution < -0.4 is 5.32 Å². The van der Waals surface area contributed by atoms with Crippen molar-refractivity contribution in [2.45, 2.75) is 13.0 Å². The smallest absolute Gasteiger partial charge is 0.0826 e. The van der Waals surface area contributed by atoms with Gasteiger partial charge < -0.3 is 10.1 Å². The molecule has 0 radical (unpaired) electrons. The first-order valence-corrected chi connectivity index (χ1v) is 5.44. The molecule has 0 bridgehead atoms. The normalized spacial score (nSPS) is 25.4. The van der Waals surface area contributed by atoms with Crippen molar-refractivity contribution >= 4 is 11.6 Å². The van der Waals surface area contributed by atoms with Gasteiger partial charge >= 0.3 is 0 Å². The van der Waals surface area contributed by atoms with Crippen LogP contribution in [0.1, 0.15) is 6.92 Å². The van der Waals surface area contributed by atoms with Gasteiger partial charge in [0.05, 0.1) is 12.7 Å². The fraction of sp³-hybridized carbons (Fsp3) is 0.800. The summed E-state index contributed by atoms with van der Waals surface area (Å²) in [4.78, 5) is 2.37. The molecular weight excluding hydrogens is 200 g/mol. The third-order valence-electron chi connectivity index (χ3n) is 2.31. The first-order valence-electron chi connectivity index (χ1n) is 5.00. The zero-order valence-electron chi connectivity index (χ0n) is 8.92. The molecule has 1 aliphatic rings. The quantitative estimate of drug-likeness (QED) is 0.764. The number of hydrogen-bond acceptors (Lipinski definition) is 3. The monoisotopic (exact) mass is 218 g/mol. The van der Waals surface area contributed by atoms with Gasteiger partial charge in [-0.3, -0.25) is 4.90 Å². The zero-order chi connectivity index (χ0) is 10.4. The first kappa shape index (κ1) is 12.0. The molecule has 0 aromatic carbocycles. The minimum Gasteiger partial charge on any atom is -0.374 e. The summed E-state index contributed by atoms with van der Waals surface area (Å²) >= 11 is 5.64. The molecule has 4 heteroatoms. The van der Waals surface area contributed by atoms with Gasteiger partial charge in [0.2, 0.25) is 0 Å². The van der Waals surface area contributed by atoms with Crippen molar-refractivity contribution in [3.8, 4) is 0 Å². The molecule has 1 fully saturated rings. The van der Waals surface area contributed by atoms with Crippen LogP contribution in [-0.2, 0) is 4.74 Å². The highest BCUT2D eigenvalue weighted by molar-refractivity contribution is 6.25. The van der Waals surface area contributed by atoms with Gasteiger partial charge in [0.25, 0.3) is 0 Å². The van der Waals surface area contributed by atoms with Crippen molar-refractivity contribution in [2.75, 3.05) is 39.8 Å². The van der Waals surface area contributed by atoms with E-state index in [1.807, 2.05) is 7.05 Å². The SMILES string of the molecule is CNCC1CN(CC(C)=CCl)CCO1. The summed E-state index contributed by atoms with van der Waals surface area (Å²) in [5.74, 6) is 0. The topological polar surface area (TPSA) is 24.5 Å². The van der Waals surface area contributed by atoms with E-state index in [1.165, 1.54) is 5.57 Å². The third-order valence-corrected chi connectivity index (χ3v) is 2.69. The average Bonchev–Trinajstić information content (AvgIpc) is 2.19. The number of morpholine rings is 1. The van der Waals surface area contributed by atoms with Gasteiger partial charge in [-0.25, -0.2) is 0 Å². The predicted molar refractivity (Wildman–Crippen MR) is 59.7 cm³/mol. The molecule has 0 spiro atoms.